The van der Waals surface area contributed by atoms with E-state index in [-0.39, 0.29) is 11.5 Å². The normalized spacial score (nSPS) is 10.5. The number of carbonyl (C=O) groups excluding carboxylic acids is 2. The van der Waals surface area contributed by atoms with E-state index < -0.39 is 12.2 Å². The van der Waals surface area contributed by atoms with Crippen molar-refractivity contribution in [2.45, 2.75) is 0 Å². The van der Waals surface area contributed by atoms with E-state index in [1.807, 2.05) is 0 Å². The first-order valence-electron chi connectivity index (χ1n) is 5.89. The van der Waals surface area contributed by atoms with Crippen LogP contribution in [0.5, 0.6) is 11.5 Å². The molecule has 8 heteroatoms. The molecule has 2 aromatic carbocycles. The molecule has 0 radical (unpaired) electrons. The van der Waals surface area contributed by atoms with Crippen molar-refractivity contribution in [3.63, 3.8) is 0 Å². The molecule has 0 bridgehead atoms. The third-order valence-corrected chi connectivity index (χ3v) is 3.31. The first-order chi connectivity index (χ1) is 10.5. The molecule has 2 rings (SSSR count). The largest absolute Gasteiger partial charge is 0.458 e. The molecule has 0 aliphatic rings. The Balaban J connectivity index is 1.87. The Morgan fingerprint density at radius 2 is 1.00 bits per heavy atom. The summed E-state index contributed by atoms with van der Waals surface area (Å²) in [5.74, 6) is 0.571. The van der Waals surface area contributed by atoms with Gasteiger partial charge in [-0.15, -0.1) is 0 Å². The SMILES string of the molecule is O=C(N=NC(=O)Oc1ccc(Br)cc1)Oc1ccc(Br)cc1. The highest BCUT2D eigenvalue weighted by atomic mass is 79.9. The molecule has 0 unspecified atom stereocenters. The van der Waals surface area contributed by atoms with E-state index in [1.54, 1.807) is 48.5 Å². The summed E-state index contributed by atoms with van der Waals surface area (Å²) in [6.45, 7) is 0. The van der Waals surface area contributed by atoms with Gasteiger partial charge >= 0.3 is 12.2 Å². The Morgan fingerprint density at radius 3 is 1.32 bits per heavy atom. The van der Waals surface area contributed by atoms with Gasteiger partial charge in [0.2, 0.25) is 0 Å². The molecule has 22 heavy (non-hydrogen) atoms. The maximum Gasteiger partial charge on any atom is 0.458 e. The van der Waals surface area contributed by atoms with Crippen LogP contribution in [0.1, 0.15) is 0 Å². The molecule has 2 aromatic rings. The van der Waals surface area contributed by atoms with Crippen molar-refractivity contribution in [1.29, 1.82) is 0 Å². The lowest BCUT2D eigenvalue weighted by atomic mass is 10.3. The number of rotatable bonds is 2. The van der Waals surface area contributed by atoms with E-state index in [0.29, 0.717) is 0 Å². The standard InChI is InChI=1S/C14H8Br2N2O4/c15-9-1-5-11(6-2-9)21-13(19)17-18-14(20)22-12-7-3-10(16)4-8-12/h1-8H. The highest BCUT2D eigenvalue weighted by molar-refractivity contribution is 9.10. The van der Waals surface area contributed by atoms with E-state index in [2.05, 4.69) is 42.1 Å². The van der Waals surface area contributed by atoms with Crippen molar-refractivity contribution in [3.8, 4) is 11.5 Å². The second kappa shape index (κ2) is 7.81. The summed E-state index contributed by atoms with van der Waals surface area (Å²) < 4.78 is 11.4. The number of hydrogen-bond donors (Lipinski definition) is 0. The third-order valence-electron chi connectivity index (χ3n) is 2.25. The summed E-state index contributed by atoms with van der Waals surface area (Å²) in [7, 11) is 0. The Kier molecular flexibility index (Phi) is 5.79. The van der Waals surface area contributed by atoms with Gasteiger partial charge in [0.1, 0.15) is 11.5 Å². The predicted molar refractivity (Wildman–Crippen MR) is 85.2 cm³/mol. The fourth-order valence-electron chi connectivity index (χ4n) is 1.33. The van der Waals surface area contributed by atoms with E-state index >= 15 is 0 Å². The summed E-state index contributed by atoms with van der Waals surface area (Å²) in [4.78, 5) is 22.8. The zero-order valence-corrected chi connectivity index (χ0v) is 14.1. The number of azo groups is 1. The highest BCUT2D eigenvalue weighted by Gasteiger charge is 2.06. The first-order valence-corrected chi connectivity index (χ1v) is 7.48. The van der Waals surface area contributed by atoms with Gasteiger partial charge in [0.15, 0.2) is 0 Å². The van der Waals surface area contributed by atoms with Gasteiger partial charge < -0.3 is 9.47 Å². The van der Waals surface area contributed by atoms with Crippen LogP contribution in [0, 0.1) is 0 Å². The van der Waals surface area contributed by atoms with Gasteiger partial charge in [0.25, 0.3) is 0 Å². The van der Waals surface area contributed by atoms with Crippen molar-refractivity contribution in [2.24, 2.45) is 10.2 Å². The zero-order valence-electron chi connectivity index (χ0n) is 10.9. The fraction of sp³-hybridized carbons (Fsp3) is 0. The molecule has 6 nitrogen and oxygen atoms in total. The molecular weight excluding hydrogens is 420 g/mol. The minimum absolute atomic E-state index is 0.286. The summed E-state index contributed by atoms with van der Waals surface area (Å²) in [6, 6.07) is 13.1. The Morgan fingerprint density at radius 1 is 0.682 bits per heavy atom. The monoisotopic (exact) mass is 426 g/mol. The smallest absolute Gasteiger partial charge is 0.408 e. The van der Waals surface area contributed by atoms with Gasteiger partial charge in [0, 0.05) is 8.95 Å². The van der Waals surface area contributed by atoms with Gasteiger partial charge in [-0.25, -0.2) is 9.59 Å². The lowest BCUT2D eigenvalue weighted by Crippen LogP contribution is -2.05. The van der Waals surface area contributed by atoms with Crippen LogP contribution in [-0.4, -0.2) is 12.2 Å². The van der Waals surface area contributed by atoms with Crippen LogP contribution in [0.4, 0.5) is 9.59 Å². The Hall–Kier alpha value is -2.06. The molecule has 0 aliphatic heterocycles. The molecule has 0 saturated heterocycles. The average Bonchev–Trinajstić information content (AvgIpc) is 2.50. The summed E-state index contributed by atoms with van der Waals surface area (Å²) in [5, 5.41) is 6.25. The van der Waals surface area contributed by atoms with Crippen LogP contribution in [0.2, 0.25) is 0 Å². The molecule has 2 amide bonds. The van der Waals surface area contributed by atoms with Gasteiger partial charge in [-0.3, -0.25) is 0 Å². The molecule has 0 N–H and O–H groups in total. The molecule has 0 aliphatic carbocycles. The molecule has 0 fully saturated rings. The number of amides is 2. The number of benzene rings is 2. The molecule has 0 atom stereocenters. The molecule has 0 spiro atoms. The summed E-state index contributed by atoms with van der Waals surface area (Å²) in [5.41, 5.74) is 0. The van der Waals surface area contributed by atoms with Crippen molar-refractivity contribution in [1.82, 2.24) is 0 Å². The van der Waals surface area contributed by atoms with Crippen LogP contribution in [0.25, 0.3) is 0 Å². The molecule has 0 saturated carbocycles. The number of carbonyl (C=O) groups is 2. The van der Waals surface area contributed by atoms with E-state index in [1.165, 1.54) is 0 Å². The summed E-state index contributed by atoms with van der Waals surface area (Å²) >= 11 is 6.50. The number of ether oxygens (including phenoxy) is 2. The maximum absolute atomic E-state index is 11.4. The van der Waals surface area contributed by atoms with Crippen molar-refractivity contribution >= 4 is 44.0 Å². The summed E-state index contributed by atoms with van der Waals surface area (Å²) in [6.07, 6.45) is -2.04. The van der Waals surface area contributed by atoms with Crippen molar-refractivity contribution in [3.05, 3.63) is 57.5 Å². The molecule has 0 heterocycles. The van der Waals surface area contributed by atoms with Crippen LogP contribution in [-0.2, 0) is 0 Å². The maximum atomic E-state index is 11.4. The van der Waals surface area contributed by atoms with Crippen LogP contribution < -0.4 is 9.47 Å². The predicted octanol–water partition coefficient (Wildman–Crippen LogP) is 5.36. The minimum Gasteiger partial charge on any atom is -0.408 e. The second-order valence-electron chi connectivity index (χ2n) is 3.84. The van der Waals surface area contributed by atoms with Gasteiger partial charge in [-0.1, -0.05) is 42.1 Å². The van der Waals surface area contributed by atoms with Crippen molar-refractivity contribution < 1.29 is 19.1 Å². The average molecular weight is 428 g/mol. The molecule has 112 valence electrons. The van der Waals surface area contributed by atoms with E-state index in [4.69, 9.17) is 9.47 Å². The zero-order chi connectivity index (χ0) is 15.9. The van der Waals surface area contributed by atoms with Crippen molar-refractivity contribution in [2.75, 3.05) is 0 Å². The number of hydrogen-bond acceptors (Lipinski definition) is 4. The lowest BCUT2D eigenvalue weighted by Gasteiger charge is -2.00. The van der Waals surface area contributed by atoms with Gasteiger partial charge in [0.05, 0.1) is 0 Å². The van der Waals surface area contributed by atoms with E-state index in [9.17, 15) is 9.59 Å². The highest BCUT2D eigenvalue weighted by Crippen LogP contribution is 2.17. The van der Waals surface area contributed by atoms with E-state index in [0.717, 1.165) is 8.95 Å². The van der Waals surface area contributed by atoms with Gasteiger partial charge in [-0.2, -0.15) is 0 Å². The number of nitrogens with zero attached hydrogens (tertiary/aromatic N) is 2. The minimum atomic E-state index is -1.02. The number of halogens is 2. The van der Waals surface area contributed by atoms with Crippen LogP contribution >= 0.6 is 31.9 Å². The van der Waals surface area contributed by atoms with Crippen LogP contribution in [0.15, 0.2) is 67.7 Å². The lowest BCUT2D eigenvalue weighted by molar-refractivity contribution is 0.200. The second-order valence-corrected chi connectivity index (χ2v) is 5.68. The topological polar surface area (TPSA) is 77.3 Å². The van der Waals surface area contributed by atoms with Crippen LogP contribution in [0.3, 0.4) is 0 Å². The fourth-order valence-corrected chi connectivity index (χ4v) is 1.86. The Labute approximate surface area is 142 Å². The molecular formula is C14H8Br2N2O4. The Bertz CT molecular complexity index is 638. The third kappa shape index (κ3) is 5.38. The molecule has 0 aromatic heterocycles. The quantitative estimate of drug-likeness (QED) is 0.604. The first kappa shape index (κ1) is 16.3. The van der Waals surface area contributed by atoms with Gasteiger partial charge in [-0.05, 0) is 48.5 Å².